The van der Waals surface area contributed by atoms with Gasteiger partial charge in [0.25, 0.3) is 5.56 Å². The van der Waals surface area contributed by atoms with Gasteiger partial charge in [0.1, 0.15) is 0 Å². The Hall–Kier alpha value is -2.28. The maximum atomic E-state index is 12.1. The fraction of sp³-hybridized carbons (Fsp3) is 0.579. The molecule has 2 aromatic heterocycles. The molecule has 0 aliphatic carbocycles. The molecule has 3 rings (SSSR count). The number of aromatic nitrogens is 4. The van der Waals surface area contributed by atoms with Crippen LogP contribution in [0.5, 0.6) is 0 Å². The van der Waals surface area contributed by atoms with E-state index in [4.69, 9.17) is 0 Å². The minimum Gasteiger partial charge on any atom is -0.338 e. The van der Waals surface area contributed by atoms with Gasteiger partial charge in [-0.05, 0) is 18.6 Å². The highest BCUT2D eigenvalue weighted by Crippen LogP contribution is 2.18. The average Bonchev–Trinajstić information content (AvgIpc) is 2.61. The maximum absolute atomic E-state index is 12.1. The Morgan fingerprint density at radius 1 is 1.00 bits per heavy atom. The van der Waals surface area contributed by atoms with E-state index in [0.29, 0.717) is 6.54 Å². The SMILES string of the molecule is Cc1cnc(N2CCN(CCn3nc(C(C)(C)C)ccc3=O)CC2)nc1. The van der Waals surface area contributed by atoms with Crippen LogP contribution in [0, 0.1) is 6.92 Å². The normalized spacial score (nSPS) is 16.1. The van der Waals surface area contributed by atoms with E-state index in [0.717, 1.165) is 49.9 Å². The van der Waals surface area contributed by atoms with Gasteiger partial charge in [0, 0.05) is 56.6 Å². The Bertz CT molecular complexity index is 785. The summed E-state index contributed by atoms with van der Waals surface area (Å²) in [6.07, 6.45) is 3.71. The minimum absolute atomic E-state index is 0.0373. The largest absolute Gasteiger partial charge is 0.338 e. The molecule has 0 aromatic carbocycles. The predicted molar refractivity (Wildman–Crippen MR) is 103 cm³/mol. The van der Waals surface area contributed by atoms with E-state index in [9.17, 15) is 4.79 Å². The zero-order valence-corrected chi connectivity index (χ0v) is 16.1. The quantitative estimate of drug-likeness (QED) is 0.826. The Kier molecular flexibility index (Phi) is 5.36. The summed E-state index contributed by atoms with van der Waals surface area (Å²) in [4.78, 5) is 25.5. The predicted octanol–water partition coefficient (Wildman–Crippen LogP) is 1.46. The molecule has 1 aliphatic heterocycles. The summed E-state index contributed by atoms with van der Waals surface area (Å²) in [7, 11) is 0. The van der Waals surface area contributed by atoms with E-state index in [1.54, 1.807) is 10.7 Å². The third kappa shape index (κ3) is 4.46. The van der Waals surface area contributed by atoms with Crippen LogP contribution in [0.15, 0.2) is 29.3 Å². The molecule has 2 aromatic rings. The summed E-state index contributed by atoms with van der Waals surface area (Å²) in [5.41, 5.74) is 1.92. The molecular formula is C19H28N6O. The van der Waals surface area contributed by atoms with Gasteiger partial charge in [0.05, 0.1) is 12.2 Å². The fourth-order valence-corrected chi connectivity index (χ4v) is 2.97. The first-order valence-corrected chi connectivity index (χ1v) is 9.17. The first-order chi connectivity index (χ1) is 12.3. The highest BCUT2D eigenvalue weighted by atomic mass is 16.1. The second-order valence-electron chi connectivity index (χ2n) is 7.92. The van der Waals surface area contributed by atoms with Crippen LogP contribution >= 0.6 is 0 Å². The number of rotatable bonds is 4. The third-order valence-electron chi connectivity index (χ3n) is 4.69. The van der Waals surface area contributed by atoms with Crippen molar-refractivity contribution in [3.05, 3.63) is 46.1 Å². The Balaban J connectivity index is 1.56. The van der Waals surface area contributed by atoms with Crippen LogP contribution in [-0.2, 0) is 12.0 Å². The van der Waals surface area contributed by atoms with Crippen molar-refractivity contribution in [1.29, 1.82) is 0 Å². The zero-order chi connectivity index (χ0) is 18.7. The number of hydrogen-bond donors (Lipinski definition) is 0. The Labute approximate surface area is 154 Å². The second kappa shape index (κ2) is 7.53. The molecule has 26 heavy (non-hydrogen) atoms. The van der Waals surface area contributed by atoms with Crippen LogP contribution < -0.4 is 10.5 Å². The van der Waals surface area contributed by atoms with Crippen molar-refractivity contribution in [2.45, 2.75) is 39.7 Å². The smallest absolute Gasteiger partial charge is 0.266 e. The molecule has 0 bridgehead atoms. The lowest BCUT2D eigenvalue weighted by molar-refractivity contribution is 0.241. The standard InChI is InChI=1S/C19H28N6O/c1-15-13-20-18(21-14-15)24-10-7-23(8-11-24)9-12-25-17(26)6-5-16(22-25)19(2,3)4/h5-6,13-14H,7-12H2,1-4H3. The summed E-state index contributed by atoms with van der Waals surface area (Å²) in [6.45, 7) is 13.4. The fourth-order valence-electron chi connectivity index (χ4n) is 2.97. The van der Waals surface area contributed by atoms with Crippen molar-refractivity contribution < 1.29 is 0 Å². The van der Waals surface area contributed by atoms with Crippen LogP contribution in [-0.4, -0.2) is 57.4 Å². The molecule has 0 saturated carbocycles. The molecule has 7 nitrogen and oxygen atoms in total. The van der Waals surface area contributed by atoms with Crippen LogP contribution in [0.4, 0.5) is 5.95 Å². The van der Waals surface area contributed by atoms with Crippen molar-refractivity contribution in [1.82, 2.24) is 24.6 Å². The first-order valence-electron chi connectivity index (χ1n) is 9.17. The van der Waals surface area contributed by atoms with E-state index in [1.807, 2.05) is 25.4 Å². The van der Waals surface area contributed by atoms with Crippen LogP contribution in [0.25, 0.3) is 0 Å². The summed E-state index contributed by atoms with van der Waals surface area (Å²) in [6, 6.07) is 3.46. The van der Waals surface area contributed by atoms with Gasteiger partial charge in [0.2, 0.25) is 5.95 Å². The van der Waals surface area contributed by atoms with E-state index in [2.05, 4.69) is 45.6 Å². The van der Waals surface area contributed by atoms with Gasteiger partial charge in [-0.3, -0.25) is 9.69 Å². The van der Waals surface area contributed by atoms with Gasteiger partial charge in [-0.15, -0.1) is 0 Å². The molecule has 3 heterocycles. The molecule has 140 valence electrons. The number of hydrogen-bond acceptors (Lipinski definition) is 6. The highest BCUT2D eigenvalue weighted by molar-refractivity contribution is 5.30. The van der Waals surface area contributed by atoms with Crippen molar-refractivity contribution in [2.24, 2.45) is 0 Å². The van der Waals surface area contributed by atoms with Gasteiger partial charge >= 0.3 is 0 Å². The number of anilines is 1. The Morgan fingerprint density at radius 2 is 1.65 bits per heavy atom. The minimum atomic E-state index is -0.0604. The highest BCUT2D eigenvalue weighted by Gasteiger charge is 2.20. The summed E-state index contributed by atoms with van der Waals surface area (Å²) in [5, 5.41) is 4.55. The molecule has 0 radical (unpaired) electrons. The first kappa shape index (κ1) is 18.5. The van der Waals surface area contributed by atoms with Crippen LogP contribution in [0.3, 0.4) is 0 Å². The topological polar surface area (TPSA) is 67.2 Å². The number of nitrogens with zero attached hydrogens (tertiary/aromatic N) is 6. The summed E-state index contributed by atoms with van der Waals surface area (Å²) in [5.74, 6) is 0.797. The number of aryl methyl sites for hydroxylation is 1. The van der Waals surface area contributed by atoms with E-state index >= 15 is 0 Å². The van der Waals surface area contributed by atoms with E-state index < -0.39 is 0 Å². The molecular weight excluding hydrogens is 328 g/mol. The molecule has 0 atom stereocenters. The zero-order valence-electron chi connectivity index (χ0n) is 16.1. The van der Waals surface area contributed by atoms with E-state index in [-0.39, 0.29) is 11.0 Å². The lowest BCUT2D eigenvalue weighted by atomic mass is 9.92. The molecule has 0 N–H and O–H groups in total. The summed E-state index contributed by atoms with van der Waals surface area (Å²) < 4.78 is 1.59. The molecule has 7 heteroatoms. The lowest BCUT2D eigenvalue weighted by Crippen LogP contribution is -2.48. The van der Waals surface area contributed by atoms with Crippen molar-refractivity contribution in [3.8, 4) is 0 Å². The maximum Gasteiger partial charge on any atom is 0.266 e. The molecule has 0 amide bonds. The third-order valence-corrected chi connectivity index (χ3v) is 4.69. The van der Waals surface area contributed by atoms with E-state index in [1.165, 1.54) is 0 Å². The molecule has 0 spiro atoms. The molecule has 1 fully saturated rings. The average molecular weight is 356 g/mol. The molecule has 0 unspecified atom stereocenters. The van der Waals surface area contributed by atoms with Crippen molar-refractivity contribution >= 4 is 5.95 Å². The van der Waals surface area contributed by atoms with Gasteiger partial charge in [-0.1, -0.05) is 20.8 Å². The van der Waals surface area contributed by atoms with Gasteiger partial charge in [-0.25, -0.2) is 14.6 Å². The van der Waals surface area contributed by atoms with Crippen LogP contribution in [0.1, 0.15) is 32.0 Å². The lowest BCUT2D eigenvalue weighted by Gasteiger charge is -2.34. The monoisotopic (exact) mass is 356 g/mol. The summed E-state index contributed by atoms with van der Waals surface area (Å²) >= 11 is 0. The molecule has 1 aliphatic rings. The Morgan fingerprint density at radius 3 is 2.27 bits per heavy atom. The second-order valence-corrected chi connectivity index (χ2v) is 7.92. The number of piperazine rings is 1. The van der Waals surface area contributed by atoms with Gasteiger partial charge < -0.3 is 4.90 Å². The van der Waals surface area contributed by atoms with Crippen LogP contribution in [0.2, 0.25) is 0 Å². The molecule has 1 saturated heterocycles. The van der Waals surface area contributed by atoms with Gasteiger partial charge in [-0.2, -0.15) is 5.10 Å². The van der Waals surface area contributed by atoms with Gasteiger partial charge in [0.15, 0.2) is 0 Å². The van der Waals surface area contributed by atoms with Crippen molar-refractivity contribution in [3.63, 3.8) is 0 Å². The van der Waals surface area contributed by atoms with Crippen molar-refractivity contribution in [2.75, 3.05) is 37.6 Å².